The monoisotopic (exact) mass is 372 g/mol. The van der Waals surface area contributed by atoms with Crippen LogP contribution in [0.15, 0.2) is 42.5 Å². The van der Waals surface area contributed by atoms with Crippen LogP contribution in [0.2, 0.25) is 0 Å². The molecular formula is C14H10F6O3S. The molecule has 0 heterocycles. The molecule has 0 aliphatic heterocycles. The third kappa shape index (κ3) is 2.84. The van der Waals surface area contributed by atoms with Gasteiger partial charge in [-0.05, 0) is 16.3 Å². The van der Waals surface area contributed by atoms with E-state index in [1.807, 2.05) is 0 Å². The van der Waals surface area contributed by atoms with Gasteiger partial charge in [0.1, 0.15) is 0 Å². The molecular weight excluding hydrogens is 362 g/mol. The first kappa shape index (κ1) is 18.5. The summed E-state index contributed by atoms with van der Waals surface area (Å²) in [7, 11) is -6.56. The van der Waals surface area contributed by atoms with Crippen molar-refractivity contribution in [1.82, 2.24) is 0 Å². The molecule has 2 rings (SSSR count). The maximum Gasteiger partial charge on any atom is 0.419 e. The molecule has 0 unspecified atom stereocenters. The Labute approximate surface area is 132 Å². The highest BCUT2D eigenvalue weighted by Crippen LogP contribution is 2.50. The summed E-state index contributed by atoms with van der Waals surface area (Å²) in [6.07, 6.45) is -14.5. The molecule has 0 aliphatic carbocycles. The van der Waals surface area contributed by atoms with Crippen LogP contribution >= 0.6 is 0 Å². The van der Waals surface area contributed by atoms with E-state index in [9.17, 15) is 34.8 Å². The average molecular weight is 372 g/mol. The number of fused-ring (bicyclic) bond motifs is 1. The molecule has 0 bridgehead atoms. The lowest BCUT2D eigenvalue weighted by atomic mass is 9.93. The molecule has 1 N–H and O–H groups in total. The van der Waals surface area contributed by atoms with Gasteiger partial charge in [0.15, 0.2) is 0 Å². The van der Waals surface area contributed by atoms with Crippen LogP contribution in [0, 0.1) is 0 Å². The summed E-state index contributed by atoms with van der Waals surface area (Å²) < 4.78 is 105. The van der Waals surface area contributed by atoms with Crippen LogP contribution in [0.3, 0.4) is 0 Å². The van der Waals surface area contributed by atoms with Crippen molar-refractivity contribution in [1.29, 1.82) is 0 Å². The van der Waals surface area contributed by atoms with Gasteiger partial charge in [-0.15, -0.1) is 0 Å². The molecule has 0 aliphatic rings. The van der Waals surface area contributed by atoms with E-state index in [1.165, 1.54) is 36.4 Å². The first-order valence-electron chi connectivity index (χ1n) is 6.38. The molecule has 0 spiro atoms. The topological polar surface area (TPSA) is 54.4 Å². The first-order valence-corrected chi connectivity index (χ1v) is 7.82. The zero-order chi connectivity index (χ0) is 18.4. The Balaban J connectivity index is 2.79. The summed E-state index contributed by atoms with van der Waals surface area (Å²) in [4.78, 5) is 0. The molecule has 0 radical (unpaired) electrons. The fraction of sp³-hybridized carbons (Fsp3) is 0.286. The minimum atomic E-state index is -6.56. The summed E-state index contributed by atoms with van der Waals surface area (Å²) in [5.41, 5.74) is -0.500. The van der Waals surface area contributed by atoms with Crippen LogP contribution in [0.5, 0.6) is 0 Å². The van der Waals surface area contributed by atoms with E-state index < -0.39 is 39.2 Å². The summed E-state index contributed by atoms with van der Waals surface area (Å²) in [6.45, 7) is 0. The van der Waals surface area contributed by atoms with Gasteiger partial charge in [-0.25, -0.2) is 0 Å². The van der Waals surface area contributed by atoms with Crippen molar-refractivity contribution in [2.75, 3.05) is 0 Å². The van der Waals surface area contributed by atoms with Gasteiger partial charge in [0.25, 0.3) is 14.9 Å². The summed E-state index contributed by atoms with van der Waals surface area (Å²) >= 11 is 0. The molecule has 0 amide bonds. The van der Waals surface area contributed by atoms with Gasteiger partial charge in [0.05, 0.1) is 0 Å². The highest BCUT2D eigenvalue weighted by Gasteiger charge is 2.78. The lowest BCUT2D eigenvalue weighted by Crippen LogP contribution is -2.63. The zero-order valence-corrected chi connectivity index (χ0v) is 12.5. The van der Waals surface area contributed by atoms with Crippen LogP contribution in [0.25, 0.3) is 10.8 Å². The smallest absolute Gasteiger partial charge is 0.285 e. The van der Waals surface area contributed by atoms with Gasteiger partial charge < -0.3 is 0 Å². The number of hydrogen-bond acceptors (Lipinski definition) is 2. The lowest BCUT2D eigenvalue weighted by Gasteiger charge is -2.34. The van der Waals surface area contributed by atoms with Crippen LogP contribution in [-0.2, 0) is 16.5 Å². The van der Waals surface area contributed by atoms with Crippen LogP contribution in [-0.4, -0.2) is 30.1 Å². The Kier molecular flexibility index (Phi) is 4.34. The third-order valence-electron chi connectivity index (χ3n) is 3.68. The van der Waals surface area contributed by atoms with Crippen molar-refractivity contribution < 1.29 is 39.3 Å². The lowest BCUT2D eigenvalue weighted by molar-refractivity contribution is -0.268. The Bertz CT molecular complexity index is 835. The zero-order valence-electron chi connectivity index (χ0n) is 11.7. The van der Waals surface area contributed by atoms with Crippen LogP contribution in [0.4, 0.5) is 26.3 Å². The van der Waals surface area contributed by atoms with Crippen LogP contribution < -0.4 is 0 Å². The second kappa shape index (κ2) is 5.62. The fourth-order valence-electron chi connectivity index (χ4n) is 2.46. The molecule has 3 nitrogen and oxygen atoms in total. The van der Waals surface area contributed by atoms with E-state index in [-0.39, 0.29) is 5.39 Å². The number of halogens is 6. The minimum Gasteiger partial charge on any atom is -0.285 e. The SMILES string of the molecule is O=S(=O)(O)C(Cc1cccc2ccccc12)(C(F)(F)F)C(F)(F)F. The molecule has 0 atom stereocenters. The highest BCUT2D eigenvalue weighted by atomic mass is 32.2. The van der Waals surface area contributed by atoms with E-state index in [0.717, 1.165) is 6.07 Å². The Hall–Kier alpha value is -1.81. The molecule has 24 heavy (non-hydrogen) atoms. The second-order valence-electron chi connectivity index (χ2n) is 5.11. The Morgan fingerprint density at radius 2 is 1.33 bits per heavy atom. The maximum absolute atomic E-state index is 13.2. The van der Waals surface area contributed by atoms with E-state index in [4.69, 9.17) is 4.55 Å². The fourth-order valence-corrected chi connectivity index (χ4v) is 3.38. The minimum absolute atomic E-state index is 0.0292. The first-order chi connectivity index (χ1) is 10.8. The van der Waals surface area contributed by atoms with E-state index in [1.54, 1.807) is 0 Å². The van der Waals surface area contributed by atoms with Crippen molar-refractivity contribution in [3.63, 3.8) is 0 Å². The molecule has 10 heteroatoms. The van der Waals surface area contributed by atoms with Crippen molar-refractivity contribution in [3.05, 3.63) is 48.0 Å². The number of rotatable bonds is 3. The molecule has 0 saturated heterocycles. The van der Waals surface area contributed by atoms with Crippen molar-refractivity contribution in [3.8, 4) is 0 Å². The van der Waals surface area contributed by atoms with E-state index in [2.05, 4.69) is 0 Å². The van der Waals surface area contributed by atoms with E-state index >= 15 is 0 Å². The standard InChI is InChI=1S/C14H10F6O3S/c15-13(16,17)12(14(18,19)20,24(21,22)23)8-10-6-3-5-9-4-1-2-7-11(9)10/h1-7H,8H2,(H,21,22,23). The molecule has 2 aromatic carbocycles. The molecule has 0 fully saturated rings. The molecule has 2 aromatic rings. The normalized spacial score (nSPS) is 14.1. The largest absolute Gasteiger partial charge is 0.419 e. The quantitative estimate of drug-likeness (QED) is 0.651. The maximum atomic E-state index is 13.2. The van der Waals surface area contributed by atoms with Crippen molar-refractivity contribution >= 4 is 20.9 Å². The highest BCUT2D eigenvalue weighted by molar-refractivity contribution is 7.87. The van der Waals surface area contributed by atoms with Gasteiger partial charge in [0, 0.05) is 6.42 Å². The molecule has 132 valence electrons. The van der Waals surface area contributed by atoms with Crippen molar-refractivity contribution in [2.24, 2.45) is 0 Å². The summed E-state index contributed by atoms with van der Waals surface area (Å²) in [5.74, 6) is 0. The predicted molar refractivity (Wildman–Crippen MR) is 74.0 cm³/mol. The number of benzene rings is 2. The van der Waals surface area contributed by atoms with Gasteiger partial charge in [-0.1, -0.05) is 42.5 Å². The number of hydrogen-bond donors (Lipinski definition) is 1. The molecule has 0 aromatic heterocycles. The predicted octanol–water partition coefficient (Wildman–Crippen LogP) is 4.13. The Morgan fingerprint density at radius 3 is 1.83 bits per heavy atom. The van der Waals surface area contributed by atoms with Gasteiger partial charge in [-0.2, -0.15) is 34.8 Å². The Morgan fingerprint density at radius 1 is 0.833 bits per heavy atom. The molecule has 0 saturated carbocycles. The van der Waals surface area contributed by atoms with Gasteiger partial charge in [0.2, 0.25) is 0 Å². The van der Waals surface area contributed by atoms with Gasteiger partial charge >= 0.3 is 12.4 Å². The average Bonchev–Trinajstić information content (AvgIpc) is 2.40. The van der Waals surface area contributed by atoms with Crippen LogP contribution in [0.1, 0.15) is 5.56 Å². The van der Waals surface area contributed by atoms with Gasteiger partial charge in [-0.3, -0.25) is 4.55 Å². The summed E-state index contributed by atoms with van der Waals surface area (Å²) in [6, 6.07) is 9.26. The third-order valence-corrected chi connectivity index (χ3v) is 5.16. The van der Waals surface area contributed by atoms with E-state index in [0.29, 0.717) is 5.39 Å². The second-order valence-corrected chi connectivity index (χ2v) is 6.76. The number of alkyl halides is 6. The van der Waals surface area contributed by atoms with Crippen molar-refractivity contribution in [2.45, 2.75) is 23.5 Å². The summed E-state index contributed by atoms with van der Waals surface area (Å²) in [5, 5.41) is 0.366.